The van der Waals surface area contributed by atoms with Crippen molar-refractivity contribution >= 4 is 16.5 Å². The minimum atomic E-state index is 0.0896. The quantitative estimate of drug-likeness (QED) is 0.665. The number of hydrogen-bond donors (Lipinski definition) is 1. The van der Waals surface area contributed by atoms with Gasteiger partial charge in [-0.1, -0.05) is 30.3 Å². The molecule has 0 amide bonds. The SMILES string of the molecule is C=CCN(Cc1cc2ccccc2cc1N)C(C)(C)C. The summed E-state index contributed by atoms with van der Waals surface area (Å²) in [6.07, 6.45) is 1.95. The zero-order valence-corrected chi connectivity index (χ0v) is 12.7. The van der Waals surface area contributed by atoms with E-state index in [1.54, 1.807) is 0 Å². The molecule has 0 saturated carbocycles. The smallest absolute Gasteiger partial charge is 0.0366 e. The normalized spacial score (nSPS) is 12.0. The monoisotopic (exact) mass is 268 g/mol. The lowest BCUT2D eigenvalue weighted by molar-refractivity contribution is 0.146. The zero-order valence-electron chi connectivity index (χ0n) is 12.7. The first-order valence-electron chi connectivity index (χ1n) is 7.05. The molecule has 20 heavy (non-hydrogen) atoms. The lowest BCUT2D eigenvalue weighted by atomic mass is 10.0. The summed E-state index contributed by atoms with van der Waals surface area (Å²) in [5, 5.41) is 2.43. The van der Waals surface area contributed by atoms with Gasteiger partial charge in [0.1, 0.15) is 0 Å². The first-order chi connectivity index (χ1) is 9.41. The molecule has 106 valence electrons. The van der Waals surface area contributed by atoms with Crippen LogP contribution in [0.1, 0.15) is 26.3 Å². The number of nitrogen functional groups attached to an aromatic ring is 1. The van der Waals surface area contributed by atoms with Crippen molar-refractivity contribution in [3.63, 3.8) is 0 Å². The molecule has 0 unspecified atom stereocenters. The van der Waals surface area contributed by atoms with Gasteiger partial charge in [0.05, 0.1) is 0 Å². The lowest BCUT2D eigenvalue weighted by Gasteiger charge is -2.35. The molecule has 0 bridgehead atoms. The van der Waals surface area contributed by atoms with Gasteiger partial charge in [-0.15, -0.1) is 6.58 Å². The summed E-state index contributed by atoms with van der Waals surface area (Å²) < 4.78 is 0. The van der Waals surface area contributed by atoms with Gasteiger partial charge in [-0.2, -0.15) is 0 Å². The van der Waals surface area contributed by atoms with Gasteiger partial charge in [0.2, 0.25) is 0 Å². The molecule has 0 saturated heterocycles. The minimum Gasteiger partial charge on any atom is -0.398 e. The van der Waals surface area contributed by atoms with E-state index in [1.165, 1.54) is 16.3 Å². The van der Waals surface area contributed by atoms with Crippen molar-refractivity contribution in [3.05, 3.63) is 54.6 Å². The highest BCUT2D eigenvalue weighted by molar-refractivity contribution is 5.86. The Bertz CT molecular complexity index is 608. The van der Waals surface area contributed by atoms with Crippen molar-refractivity contribution in [2.45, 2.75) is 32.9 Å². The maximum absolute atomic E-state index is 6.22. The van der Waals surface area contributed by atoms with Crippen LogP contribution in [-0.2, 0) is 6.54 Å². The van der Waals surface area contributed by atoms with E-state index in [4.69, 9.17) is 5.73 Å². The Balaban J connectivity index is 2.36. The number of fused-ring (bicyclic) bond motifs is 1. The van der Waals surface area contributed by atoms with E-state index >= 15 is 0 Å². The molecule has 0 aliphatic heterocycles. The Hall–Kier alpha value is -1.80. The predicted octanol–water partition coefficient (Wildman–Crippen LogP) is 4.21. The number of benzene rings is 2. The van der Waals surface area contributed by atoms with E-state index in [9.17, 15) is 0 Å². The number of nitrogens with zero attached hydrogens (tertiary/aromatic N) is 1. The average molecular weight is 268 g/mol. The average Bonchev–Trinajstić information content (AvgIpc) is 2.37. The minimum absolute atomic E-state index is 0.0896. The van der Waals surface area contributed by atoms with E-state index in [2.05, 4.69) is 62.6 Å². The van der Waals surface area contributed by atoms with Crippen LogP contribution in [0.4, 0.5) is 5.69 Å². The summed E-state index contributed by atoms with van der Waals surface area (Å²) in [7, 11) is 0. The summed E-state index contributed by atoms with van der Waals surface area (Å²) in [5.41, 5.74) is 8.36. The van der Waals surface area contributed by atoms with E-state index in [0.717, 1.165) is 18.8 Å². The van der Waals surface area contributed by atoms with Crippen molar-refractivity contribution < 1.29 is 0 Å². The van der Waals surface area contributed by atoms with Crippen LogP contribution >= 0.6 is 0 Å². The molecule has 2 heteroatoms. The van der Waals surface area contributed by atoms with Crippen molar-refractivity contribution in [1.29, 1.82) is 0 Å². The third kappa shape index (κ3) is 3.20. The second-order valence-corrected chi connectivity index (χ2v) is 6.24. The van der Waals surface area contributed by atoms with Crippen LogP contribution in [0.2, 0.25) is 0 Å². The molecule has 2 rings (SSSR count). The Kier molecular flexibility index (Phi) is 4.15. The molecule has 0 atom stereocenters. The fourth-order valence-electron chi connectivity index (χ4n) is 2.38. The fraction of sp³-hybridized carbons (Fsp3) is 0.333. The maximum Gasteiger partial charge on any atom is 0.0366 e. The van der Waals surface area contributed by atoms with Gasteiger partial charge in [0, 0.05) is 24.3 Å². The van der Waals surface area contributed by atoms with Crippen LogP contribution in [0.3, 0.4) is 0 Å². The first kappa shape index (κ1) is 14.6. The maximum atomic E-state index is 6.22. The summed E-state index contributed by atoms with van der Waals surface area (Å²) in [4.78, 5) is 2.38. The van der Waals surface area contributed by atoms with Gasteiger partial charge in [-0.25, -0.2) is 0 Å². The molecule has 0 aromatic heterocycles. The van der Waals surface area contributed by atoms with Crippen molar-refractivity contribution in [1.82, 2.24) is 4.90 Å². The largest absolute Gasteiger partial charge is 0.398 e. The summed E-state index contributed by atoms with van der Waals surface area (Å²) >= 11 is 0. The molecule has 2 aromatic rings. The highest BCUT2D eigenvalue weighted by atomic mass is 15.2. The summed E-state index contributed by atoms with van der Waals surface area (Å²) in [6.45, 7) is 12.2. The molecule has 0 aliphatic rings. The van der Waals surface area contributed by atoms with Gasteiger partial charge in [0.15, 0.2) is 0 Å². The molecule has 0 heterocycles. The number of rotatable bonds is 4. The highest BCUT2D eigenvalue weighted by Gasteiger charge is 2.20. The third-order valence-corrected chi connectivity index (χ3v) is 3.67. The fourth-order valence-corrected chi connectivity index (χ4v) is 2.38. The van der Waals surface area contributed by atoms with E-state index in [1.807, 2.05) is 12.1 Å². The standard InChI is InChI=1S/C18H24N2/c1-5-10-20(18(2,3)4)13-16-11-14-8-6-7-9-15(14)12-17(16)19/h5-9,11-12H,1,10,13,19H2,2-4H3. The number of hydrogen-bond acceptors (Lipinski definition) is 2. The molecule has 0 spiro atoms. The van der Waals surface area contributed by atoms with Gasteiger partial charge < -0.3 is 5.73 Å². The highest BCUT2D eigenvalue weighted by Crippen LogP contribution is 2.25. The van der Waals surface area contributed by atoms with Crippen LogP contribution < -0.4 is 5.73 Å². The molecule has 2 nitrogen and oxygen atoms in total. The topological polar surface area (TPSA) is 29.3 Å². The molecule has 0 radical (unpaired) electrons. The van der Waals surface area contributed by atoms with Crippen molar-refractivity contribution in [3.8, 4) is 0 Å². The zero-order chi connectivity index (χ0) is 14.8. The molecule has 2 aromatic carbocycles. The van der Waals surface area contributed by atoms with Gasteiger partial charge in [-0.3, -0.25) is 4.90 Å². The molecular formula is C18H24N2. The summed E-state index contributed by atoms with van der Waals surface area (Å²) in [6, 6.07) is 12.6. The van der Waals surface area contributed by atoms with Gasteiger partial charge in [-0.05, 0) is 49.2 Å². The number of anilines is 1. The Labute approximate surface area is 121 Å². The van der Waals surface area contributed by atoms with Crippen molar-refractivity contribution in [2.24, 2.45) is 0 Å². The number of nitrogens with two attached hydrogens (primary N) is 1. The van der Waals surface area contributed by atoms with E-state index in [0.29, 0.717) is 0 Å². The predicted molar refractivity (Wildman–Crippen MR) is 88.7 cm³/mol. The first-order valence-corrected chi connectivity index (χ1v) is 7.05. The van der Waals surface area contributed by atoms with E-state index < -0.39 is 0 Å². The second kappa shape index (κ2) is 5.68. The third-order valence-electron chi connectivity index (χ3n) is 3.67. The Morgan fingerprint density at radius 3 is 2.30 bits per heavy atom. The Morgan fingerprint density at radius 1 is 1.15 bits per heavy atom. The van der Waals surface area contributed by atoms with Crippen LogP contribution in [0, 0.1) is 0 Å². The van der Waals surface area contributed by atoms with Crippen LogP contribution in [-0.4, -0.2) is 17.0 Å². The van der Waals surface area contributed by atoms with Crippen LogP contribution in [0.15, 0.2) is 49.1 Å². The Morgan fingerprint density at radius 2 is 1.75 bits per heavy atom. The van der Waals surface area contributed by atoms with Crippen molar-refractivity contribution in [2.75, 3.05) is 12.3 Å². The molecule has 2 N–H and O–H groups in total. The van der Waals surface area contributed by atoms with Gasteiger partial charge in [0.25, 0.3) is 0 Å². The second-order valence-electron chi connectivity index (χ2n) is 6.24. The summed E-state index contributed by atoms with van der Waals surface area (Å²) in [5.74, 6) is 0. The van der Waals surface area contributed by atoms with Crippen LogP contribution in [0.25, 0.3) is 10.8 Å². The lowest BCUT2D eigenvalue weighted by Crippen LogP contribution is -2.40. The van der Waals surface area contributed by atoms with Gasteiger partial charge >= 0.3 is 0 Å². The molecular weight excluding hydrogens is 244 g/mol. The molecule has 0 fully saturated rings. The molecule has 0 aliphatic carbocycles. The van der Waals surface area contributed by atoms with Crippen LogP contribution in [0.5, 0.6) is 0 Å². The van der Waals surface area contributed by atoms with E-state index in [-0.39, 0.29) is 5.54 Å².